The van der Waals surface area contributed by atoms with E-state index in [0.717, 1.165) is 0 Å². The Morgan fingerprint density at radius 2 is 2.27 bits per heavy atom. The highest BCUT2D eigenvalue weighted by Crippen LogP contribution is 2.52. The fraction of sp³-hybridized carbons (Fsp3) is 0.722. The maximum Gasteiger partial charge on any atom is 0.407 e. The van der Waals surface area contributed by atoms with Gasteiger partial charge in [-0.3, -0.25) is 0 Å². The van der Waals surface area contributed by atoms with Gasteiger partial charge in [0.1, 0.15) is 6.61 Å². The lowest BCUT2D eigenvalue weighted by molar-refractivity contribution is -0.149. The van der Waals surface area contributed by atoms with Crippen LogP contribution in [0.1, 0.15) is 34.6 Å². The summed E-state index contributed by atoms with van der Waals surface area (Å²) in [6.45, 7) is 15.3. The molecular weight excluding hydrogens is 278 g/mol. The molecule has 4 heteroatoms. The summed E-state index contributed by atoms with van der Waals surface area (Å²) >= 11 is 0. The zero-order valence-corrected chi connectivity index (χ0v) is 14.4. The van der Waals surface area contributed by atoms with Crippen LogP contribution in [0.15, 0.2) is 24.3 Å². The standard InChI is InChI=1S/C18H29NO3/c1-7-15-16-12(4)8-13(5)18(9-21-15,14(16)6)10-22-17(20)19-11(2)3/h7-8,11,13-16H,1,9-10H2,2-6H3,(H,19,20)/t13-,14+,15-,16+,18+/m0/s1. The third-order valence-electron chi connectivity index (χ3n) is 5.40. The first-order valence-corrected chi connectivity index (χ1v) is 8.17. The molecule has 1 amide bonds. The maximum atomic E-state index is 11.8. The molecule has 0 radical (unpaired) electrons. The first-order chi connectivity index (χ1) is 10.3. The lowest BCUT2D eigenvalue weighted by atomic mass is 9.56. The molecule has 0 aromatic heterocycles. The first-order valence-electron chi connectivity index (χ1n) is 8.17. The third-order valence-corrected chi connectivity index (χ3v) is 5.40. The largest absolute Gasteiger partial charge is 0.449 e. The van der Waals surface area contributed by atoms with Crippen molar-refractivity contribution in [2.75, 3.05) is 13.2 Å². The Bertz CT molecular complexity index is 471. The van der Waals surface area contributed by atoms with E-state index in [1.807, 2.05) is 19.9 Å². The SMILES string of the molecule is C=C[C@@H]1OC[C@]2(COC(=O)NC(C)C)[C@H](C)[C@H]1C(C)=C[C@@H]2C. The predicted molar refractivity (Wildman–Crippen MR) is 87.6 cm³/mol. The molecule has 5 atom stereocenters. The second kappa shape index (κ2) is 6.45. The summed E-state index contributed by atoms with van der Waals surface area (Å²) in [6.07, 6.45) is 3.91. The fourth-order valence-corrected chi connectivity index (χ4v) is 4.00. The zero-order chi connectivity index (χ0) is 16.5. The number of carbonyl (C=O) groups excluding carboxylic acids is 1. The molecule has 124 valence electrons. The number of ether oxygens (including phenoxy) is 2. The lowest BCUT2D eigenvalue weighted by Crippen LogP contribution is -2.56. The van der Waals surface area contributed by atoms with E-state index in [9.17, 15) is 4.79 Å². The van der Waals surface area contributed by atoms with Crippen molar-refractivity contribution < 1.29 is 14.3 Å². The van der Waals surface area contributed by atoms with Crippen LogP contribution in [-0.2, 0) is 9.47 Å². The number of fused-ring (bicyclic) bond motifs is 2. The Kier molecular flexibility index (Phi) is 5.00. The lowest BCUT2D eigenvalue weighted by Gasteiger charge is -2.54. The summed E-state index contributed by atoms with van der Waals surface area (Å²) in [5.74, 6) is 1.02. The van der Waals surface area contributed by atoms with Crippen LogP contribution >= 0.6 is 0 Å². The Labute approximate surface area is 133 Å². The number of nitrogens with one attached hydrogen (secondary N) is 1. The molecule has 0 unspecified atom stereocenters. The summed E-state index contributed by atoms with van der Waals surface area (Å²) < 4.78 is 11.6. The summed E-state index contributed by atoms with van der Waals surface area (Å²) in [5, 5.41) is 2.78. The second-order valence-corrected chi connectivity index (χ2v) is 7.13. The fourth-order valence-electron chi connectivity index (χ4n) is 4.00. The van der Waals surface area contributed by atoms with Gasteiger partial charge in [0.25, 0.3) is 0 Å². The van der Waals surface area contributed by atoms with Crippen molar-refractivity contribution in [3.8, 4) is 0 Å². The Hall–Kier alpha value is -1.29. The van der Waals surface area contributed by atoms with Crippen molar-refractivity contribution in [1.29, 1.82) is 0 Å². The molecule has 2 rings (SSSR count). The van der Waals surface area contributed by atoms with E-state index in [-0.39, 0.29) is 23.7 Å². The van der Waals surface area contributed by atoms with Crippen LogP contribution < -0.4 is 5.32 Å². The highest BCUT2D eigenvalue weighted by atomic mass is 16.6. The maximum absolute atomic E-state index is 11.8. The van der Waals surface area contributed by atoms with Crippen molar-refractivity contribution >= 4 is 6.09 Å². The average molecular weight is 307 g/mol. The van der Waals surface area contributed by atoms with Gasteiger partial charge in [0.15, 0.2) is 0 Å². The van der Waals surface area contributed by atoms with Crippen LogP contribution in [0.5, 0.6) is 0 Å². The number of hydrogen-bond donors (Lipinski definition) is 1. The van der Waals surface area contributed by atoms with Gasteiger partial charge < -0.3 is 14.8 Å². The molecule has 1 aliphatic carbocycles. The number of allylic oxidation sites excluding steroid dienone is 1. The summed E-state index contributed by atoms with van der Waals surface area (Å²) in [7, 11) is 0. The third kappa shape index (κ3) is 2.94. The smallest absolute Gasteiger partial charge is 0.407 e. The van der Waals surface area contributed by atoms with Crippen molar-refractivity contribution in [1.82, 2.24) is 5.32 Å². The molecule has 2 bridgehead atoms. The van der Waals surface area contributed by atoms with Crippen LogP contribution in [0.2, 0.25) is 0 Å². The second-order valence-electron chi connectivity index (χ2n) is 7.13. The number of rotatable bonds is 4. The highest BCUT2D eigenvalue weighted by molar-refractivity contribution is 5.67. The van der Waals surface area contributed by atoms with Gasteiger partial charge in [-0.2, -0.15) is 0 Å². The molecule has 1 heterocycles. The minimum Gasteiger partial charge on any atom is -0.449 e. The van der Waals surface area contributed by atoms with Crippen LogP contribution in [0.25, 0.3) is 0 Å². The minimum absolute atomic E-state index is 0.0522. The van der Waals surface area contributed by atoms with E-state index in [4.69, 9.17) is 9.47 Å². The normalized spacial score (nSPS) is 37.5. The topological polar surface area (TPSA) is 47.6 Å². The Morgan fingerprint density at radius 1 is 1.59 bits per heavy atom. The van der Waals surface area contributed by atoms with Crippen molar-refractivity contribution in [3.63, 3.8) is 0 Å². The van der Waals surface area contributed by atoms with E-state index >= 15 is 0 Å². The summed E-state index contributed by atoms with van der Waals surface area (Å²) in [6, 6.07) is 0.0776. The molecule has 1 fully saturated rings. The quantitative estimate of drug-likeness (QED) is 0.808. The summed E-state index contributed by atoms with van der Waals surface area (Å²) in [5.41, 5.74) is 1.20. The monoisotopic (exact) mass is 307 g/mol. The van der Waals surface area contributed by atoms with E-state index in [1.165, 1.54) is 5.57 Å². The van der Waals surface area contributed by atoms with Gasteiger partial charge in [-0.05, 0) is 32.6 Å². The minimum atomic E-state index is -0.350. The van der Waals surface area contributed by atoms with Gasteiger partial charge in [-0.25, -0.2) is 4.79 Å². The van der Waals surface area contributed by atoms with Gasteiger partial charge in [0.05, 0.1) is 12.7 Å². The average Bonchev–Trinajstić information content (AvgIpc) is 2.43. The number of amides is 1. The molecule has 1 N–H and O–H groups in total. The molecule has 0 aromatic rings. The van der Waals surface area contributed by atoms with Crippen LogP contribution in [-0.4, -0.2) is 31.5 Å². The molecule has 0 saturated carbocycles. The van der Waals surface area contributed by atoms with Crippen molar-refractivity contribution in [2.45, 2.75) is 46.8 Å². The van der Waals surface area contributed by atoms with Gasteiger partial charge in [0, 0.05) is 17.4 Å². The van der Waals surface area contributed by atoms with E-state index in [2.05, 4.69) is 38.7 Å². The first kappa shape index (κ1) is 17.1. The van der Waals surface area contributed by atoms with E-state index in [1.54, 1.807) is 0 Å². The predicted octanol–water partition coefficient (Wildman–Crippen LogP) is 3.54. The molecule has 0 aromatic carbocycles. The van der Waals surface area contributed by atoms with Crippen molar-refractivity contribution in [3.05, 3.63) is 24.3 Å². The number of carbonyl (C=O) groups is 1. The highest BCUT2D eigenvalue weighted by Gasteiger charge is 2.53. The van der Waals surface area contributed by atoms with Crippen LogP contribution in [0.3, 0.4) is 0 Å². The van der Waals surface area contributed by atoms with Gasteiger partial charge >= 0.3 is 6.09 Å². The Morgan fingerprint density at radius 3 is 2.86 bits per heavy atom. The van der Waals surface area contributed by atoms with Gasteiger partial charge in [-0.15, -0.1) is 6.58 Å². The van der Waals surface area contributed by atoms with Crippen molar-refractivity contribution in [2.24, 2.45) is 23.2 Å². The molecule has 1 saturated heterocycles. The van der Waals surface area contributed by atoms with E-state index in [0.29, 0.717) is 31.0 Å². The molecule has 22 heavy (non-hydrogen) atoms. The molecule has 4 nitrogen and oxygen atoms in total. The number of alkyl carbamates (subject to hydrolysis) is 1. The van der Waals surface area contributed by atoms with Crippen LogP contribution in [0, 0.1) is 23.2 Å². The number of hydrogen-bond acceptors (Lipinski definition) is 3. The van der Waals surface area contributed by atoms with Gasteiger partial charge in [0.2, 0.25) is 0 Å². The van der Waals surface area contributed by atoms with Gasteiger partial charge in [-0.1, -0.05) is 31.6 Å². The Balaban J connectivity index is 2.18. The van der Waals surface area contributed by atoms with Crippen LogP contribution in [0.4, 0.5) is 4.79 Å². The molecular formula is C18H29NO3. The van der Waals surface area contributed by atoms with E-state index < -0.39 is 0 Å². The molecule has 2 aliphatic rings. The molecule has 0 spiro atoms. The summed E-state index contributed by atoms with van der Waals surface area (Å²) in [4.78, 5) is 11.8. The molecule has 1 aliphatic heterocycles. The zero-order valence-electron chi connectivity index (χ0n) is 14.4.